The van der Waals surface area contributed by atoms with Crippen LogP contribution < -0.4 is 0 Å². The molecule has 0 spiro atoms. The number of benzene rings is 1. The Hall–Kier alpha value is -1.77. The van der Waals surface area contributed by atoms with Crippen LogP contribution in [0.3, 0.4) is 0 Å². The molecular weight excluding hydrogens is 214 g/mol. The zero-order valence-corrected chi connectivity index (χ0v) is 10.4. The van der Waals surface area contributed by atoms with E-state index in [0.717, 1.165) is 10.9 Å². The summed E-state index contributed by atoms with van der Waals surface area (Å²) in [4.78, 5) is 14.9. The predicted molar refractivity (Wildman–Crippen MR) is 68.3 cm³/mol. The van der Waals surface area contributed by atoms with Gasteiger partial charge < -0.3 is 9.72 Å². The summed E-state index contributed by atoms with van der Waals surface area (Å²) in [6.07, 6.45) is 0. The highest BCUT2D eigenvalue weighted by Gasteiger charge is 2.09. The Kier molecular flexibility index (Phi) is 3.18. The van der Waals surface area contributed by atoms with E-state index in [-0.39, 0.29) is 5.97 Å². The van der Waals surface area contributed by atoms with Crippen molar-refractivity contribution in [1.82, 2.24) is 4.98 Å². The first-order valence-electron chi connectivity index (χ1n) is 5.91. The SMILES string of the molecule is CCOC(=O)c1ccc2[nH]c(C(C)C)cc2c1. The van der Waals surface area contributed by atoms with Gasteiger partial charge >= 0.3 is 5.97 Å². The molecule has 0 unspecified atom stereocenters. The Morgan fingerprint density at radius 3 is 2.76 bits per heavy atom. The van der Waals surface area contributed by atoms with Gasteiger partial charge in [-0.25, -0.2) is 4.79 Å². The first kappa shape index (κ1) is 11.7. The molecule has 1 N–H and O–H groups in total. The maximum atomic E-state index is 11.6. The highest BCUT2D eigenvalue weighted by molar-refractivity contribution is 5.94. The number of nitrogens with one attached hydrogen (secondary N) is 1. The number of carbonyl (C=O) groups excluding carboxylic acids is 1. The molecule has 1 heterocycles. The molecule has 1 aromatic heterocycles. The molecule has 17 heavy (non-hydrogen) atoms. The Labute approximate surface area is 101 Å². The lowest BCUT2D eigenvalue weighted by Gasteiger charge is -2.01. The van der Waals surface area contributed by atoms with Crippen molar-refractivity contribution in [3.8, 4) is 0 Å². The van der Waals surface area contributed by atoms with Crippen molar-refractivity contribution in [2.45, 2.75) is 26.7 Å². The van der Waals surface area contributed by atoms with Crippen LogP contribution in [0.1, 0.15) is 42.7 Å². The molecule has 90 valence electrons. The summed E-state index contributed by atoms with van der Waals surface area (Å²) >= 11 is 0. The van der Waals surface area contributed by atoms with Crippen LogP contribution in [0.5, 0.6) is 0 Å². The number of hydrogen-bond acceptors (Lipinski definition) is 2. The minimum atomic E-state index is -0.262. The summed E-state index contributed by atoms with van der Waals surface area (Å²) in [5.74, 6) is 0.190. The fraction of sp³-hybridized carbons (Fsp3) is 0.357. The average molecular weight is 231 g/mol. The summed E-state index contributed by atoms with van der Waals surface area (Å²) in [6.45, 7) is 6.48. The first-order chi connectivity index (χ1) is 8.11. The van der Waals surface area contributed by atoms with Crippen molar-refractivity contribution in [1.29, 1.82) is 0 Å². The number of H-pyrrole nitrogens is 1. The van der Waals surface area contributed by atoms with E-state index in [1.165, 1.54) is 5.69 Å². The van der Waals surface area contributed by atoms with Crippen LogP contribution in [0.2, 0.25) is 0 Å². The van der Waals surface area contributed by atoms with Gasteiger partial charge in [0.15, 0.2) is 0 Å². The number of carbonyl (C=O) groups is 1. The van der Waals surface area contributed by atoms with Gasteiger partial charge in [-0.2, -0.15) is 0 Å². The Bertz CT molecular complexity index is 540. The van der Waals surface area contributed by atoms with Crippen LogP contribution >= 0.6 is 0 Å². The van der Waals surface area contributed by atoms with Crippen molar-refractivity contribution in [2.24, 2.45) is 0 Å². The van der Waals surface area contributed by atoms with Gasteiger partial charge in [-0.15, -0.1) is 0 Å². The van der Waals surface area contributed by atoms with Crippen LogP contribution in [0, 0.1) is 0 Å². The van der Waals surface area contributed by atoms with E-state index in [1.54, 1.807) is 6.07 Å². The molecule has 3 nitrogen and oxygen atoms in total. The Balaban J connectivity index is 2.40. The molecule has 0 aliphatic heterocycles. The van der Waals surface area contributed by atoms with Crippen LogP contribution in [0.25, 0.3) is 10.9 Å². The van der Waals surface area contributed by atoms with Gasteiger partial charge in [0.05, 0.1) is 12.2 Å². The summed E-state index contributed by atoms with van der Waals surface area (Å²) in [5, 5.41) is 1.05. The van der Waals surface area contributed by atoms with Crippen LogP contribution in [-0.4, -0.2) is 17.6 Å². The average Bonchev–Trinajstić information content (AvgIpc) is 2.71. The van der Waals surface area contributed by atoms with E-state index in [9.17, 15) is 4.79 Å². The molecule has 0 radical (unpaired) electrons. The van der Waals surface area contributed by atoms with Gasteiger partial charge in [-0.1, -0.05) is 13.8 Å². The quantitative estimate of drug-likeness (QED) is 0.822. The van der Waals surface area contributed by atoms with E-state index >= 15 is 0 Å². The van der Waals surface area contributed by atoms with Crippen LogP contribution in [0.15, 0.2) is 24.3 Å². The minimum Gasteiger partial charge on any atom is -0.462 e. The number of hydrogen-bond donors (Lipinski definition) is 1. The molecule has 0 aliphatic rings. The Morgan fingerprint density at radius 2 is 2.12 bits per heavy atom. The first-order valence-corrected chi connectivity index (χ1v) is 5.91. The standard InChI is InChI=1S/C14H17NO2/c1-4-17-14(16)10-5-6-12-11(7-10)8-13(15-12)9(2)3/h5-9,15H,4H2,1-3H3. The summed E-state index contributed by atoms with van der Waals surface area (Å²) < 4.78 is 4.98. The Morgan fingerprint density at radius 1 is 1.35 bits per heavy atom. The van der Waals surface area contributed by atoms with Gasteiger partial charge in [0.1, 0.15) is 0 Å². The third-order valence-electron chi connectivity index (χ3n) is 2.77. The van der Waals surface area contributed by atoms with E-state index in [4.69, 9.17) is 4.74 Å². The van der Waals surface area contributed by atoms with Gasteiger partial charge in [0.25, 0.3) is 0 Å². The van der Waals surface area contributed by atoms with Crippen molar-refractivity contribution in [3.05, 3.63) is 35.5 Å². The summed E-state index contributed by atoms with van der Waals surface area (Å²) in [5.41, 5.74) is 2.84. The minimum absolute atomic E-state index is 0.262. The highest BCUT2D eigenvalue weighted by Crippen LogP contribution is 2.22. The molecule has 0 fully saturated rings. The molecule has 1 aromatic carbocycles. The molecule has 0 amide bonds. The number of aromatic nitrogens is 1. The maximum Gasteiger partial charge on any atom is 0.338 e. The lowest BCUT2D eigenvalue weighted by molar-refractivity contribution is 0.0526. The van der Waals surface area contributed by atoms with Gasteiger partial charge in [0.2, 0.25) is 0 Å². The fourth-order valence-corrected chi connectivity index (χ4v) is 1.81. The largest absolute Gasteiger partial charge is 0.462 e. The molecular formula is C14H17NO2. The second-order valence-corrected chi connectivity index (χ2v) is 4.40. The number of esters is 1. The van der Waals surface area contributed by atoms with E-state index < -0.39 is 0 Å². The molecule has 0 saturated heterocycles. The predicted octanol–water partition coefficient (Wildman–Crippen LogP) is 3.47. The lowest BCUT2D eigenvalue weighted by Crippen LogP contribution is -2.03. The van der Waals surface area contributed by atoms with Gasteiger partial charge in [-0.05, 0) is 37.1 Å². The second kappa shape index (κ2) is 4.62. The van der Waals surface area contributed by atoms with Crippen molar-refractivity contribution in [2.75, 3.05) is 6.61 Å². The number of ether oxygens (including phenoxy) is 1. The molecule has 0 atom stereocenters. The van der Waals surface area contributed by atoms with Crippen molar-refractivity contribution in [3.63, 3.8) is 0 Å². The number of fused-ring (bicyclic) bond motifs is 1. The van der Waals surface area contributed by atoms with E-state index in [0.29, 0.717) is 18.1 Å². The number of rotatable bonds is 3. The summed E-state index contributed by atoms with van der Waals surface area (Å²) in [6, 6.07) is 7.67. The molecule has 0 bridgehead atoms. The van der Waals surface area contributed by atoms with Crippen LogP contribution in [-0.2, 0) is 4.74 Å². The fourth-order valence-electron chi connectivity index (χ4n) is 1.81. The maximum absolute atomic E-state index is 11.6. The normalized spacial score (nSPS) is 11.1. The third kappa shape index (κ3) is 2.33. The second-order valence-electron chi connectivity index (χ2n) is 4.40. The zero-order chi connectivity index (χ0) is 12.4. The van der Waals surface area contributed by atoms with Crippen LogP contribution in [0.4, 0.5) is 0 Å². The third-order valence-corrected chi connectivity index (χ3v) is 2.77. The molecule has 0 aliphatic carbocycles. The van der Waals surface area contributed by atoms with Crippen molar-refractivity contribution < 1.29 is 9.53 Å². The molecule has 3 heteroatoms. The lowest BCUT2D eigenvalue weighted by atomic mass is 10.1. The van der Waals surface area contributed by atoms with Gasteiger partial charge in [0, 0.05) is 16.6 Å². The topological polar surface area (TPSA) is 42.1 Å². The molecule has 0 saturated carbocycles. The summed E-state index contributed by atoms with van der Waals surface area (Å²) in [7, 11) is 0. The van der Waals surface area contributed by atoms with Gasteiger partial charge in [-0.3, -0.25) is 0 Å². The molecule has 2 aromatic rings. The smallest absolute Gasteiger partial charge is 0.338 e. The molecule has 2 rings (SSSR count). The zero-order valence-electron chi connectivity index (χ0n) is 10.4. The highest BCUT2D eigenvalue weighted by atomic mass is 16.5. The monoisotopic (exact) mass is 231 g/mol. The number of aromatic amines is 1. The van der Waals surface area contributed by atoms with Crippen molar-refractivity contribution >= 4 is 16.9 Å². The van der Waals surface area contributed by atoms with E-state index in [1.807, 2.05) is 19.1 Å². The van der Waals surface area contributed by atoms with E-state index in [2.05, 4.69) is 24.9 Å².